The molecule has 1 aliphatic rings. The molecule has 1 aliphatic carbocycles. The minimum absolute atomic E-state index is 0.103. The molecule has 2 amide bonds. The Morgan fingerprint density at radius 1 is 0.950 bits per heavy atom. The van der Waals surface area contributed by atoms with E-state index >= 15 is 0 Å². The standard InChI is InChI=1S/C14H26N2O4/c17-13(18)15-10-6-1-2-7-11-16-14(19)20-12-8-4-3-5-9-12/h12,15H,1-11H2,(H,16,19)(H,17,18). The maximum Gasteiger partial charge on any atom is 0.407 e. The lowest BCUT2D eigenvalue weighted by Gasteiger charge is -2.21. The molecule has 0 aromatic carbocycles. The summed E-state index contributed by atoms with van der Waals surface area (Å²) in [6.07, 6.45) is 8.03. The molecule has 0 bridgehead atoms. The first-order valence-electron chi connectivity index (χ1n) is 7.60. The number of unbranched alkanes of at least 4 members (excludes halogenated alkanes) is 3. The molecule has 0 atom stereocenters. The van der Waals surface area contributed by atoms with Gasteiger partial charge in [-0.2, -0.15) is 0 Å². The summed E-state index contributed by atoms with van der Waals surface area (Å²) < 4.78 is 5.34. The van der Waals surface area contributed by atoms with Gasteiger partial charge in [0.25, 0.3) is 0 Å². The van der Waals surface area contributed by atoms with Crippen LogP contribution in [0, 0.1) is 0 Å². The van der Waals surface area contributed by atoms with Crippen molar-refractivity contribution in [2.45, 2.75) is 63.9 Å². The zero-order valence-corrected chi connectivity index (χ0v) is 12.0. The van der Waals surface area contributed by atoms with Crippen molar-refractivity contribution in [1.82, 2.24) is 10.6 Å². The van der Waals surface area contributed by atoms with Crippen molar-refractivity contribution in [3.63, 3.8) is 0 Å². The Balaban J connectivity index is 1.87. The van der Waals surface area contributed by atoms with Crippen LogP contribution in [0.15, 0.2) is 0 Å². The Labute approximate surface area is 120 Å². The summed E-state index contributed by atoms with van der Waals surface area (Å²) in [5.41, 5.74) is 0. The van der Waals surface area contributed by atoms with Gasteiger partial charge in [-0.25, -0.2) is 9.59 Å². The molecule has 6 nitrogen and oxygen atoms in total. The minimum atomic E-state index is -0.975. The zero-order valence-electron chi connectivity index (χ0n) is 12.0. The molecule has 1 fully saturated rings. The van der Waals surface area contributed by atoms with Crippen molar-refractivity contribution < 1.29 is 19.4 Å². The summed E-state index contributed by atoms with van der Waals surface area (Å²) in [5, 5.41) is 13.5. The number of carbonyl (C=O) groups is 2. The summed E-state index contributed by atoms with van der Waals surface area (Å²) in [5.74, 6) is 0. The first-order valence-corrected chi connectivity index (χ1v) is 7.60. The van der Waals surface area contributed by atoms with E-state index in [1.807, 2.05) is 0 Å². The van der Waals surface area contributed by atoms with Gasteiger partial charge in [0.1, 0.15) is 6.10 Å². The van der Waals surface area contributed by atoms with Crippen LogP contribution in [0.3, 0.4) is 0 Å². The molecule has 0 aromatic heterocycles. The van der Waals surface area contributed by atoms with E-state index in [2.05, 4.69) is 10.6 Å². The molecule has 6 heteroatoms. The third kappa shape index (κ3) is 8.61. The van der Waals surface area contributed by atoms with Gasteiger partial charge in [0.2, 0.25) is 0 Å². The van der Waals surface area contributed by atoms with E-state index in [1.54, 1.807) is 0 Å². The van der Waals surface area contributed by atoms with Gasteiger partial charge < -0.3 is 20.5 Å². The summed E-state index contributed by atoms with van der Waals surface area (Å²) in [4.78, 5) is 21.7. The first-order chi connectivity index (χ1) is 9.68. The fraction of sp³-hybridized carbons (Fsp3) is 0.857. The summed E-state index contributed by atoms with van der Waals surface area (Å²) >= 11 is 0. The average molecular weight is 286 g/mol. The van der Waals surface area contributed by atoms with Gasteiger partial charge in [-0.1, -0.05) is 19.3 Å². The van der Waals surface area contributed by atoms with E-state index in [4.69, 9.17) is 9.84 Å². The molecule has 3 N–H and O–H groups in total. The topological polar surface area (TPSA) is 87.7 Å². The van der Waals surface area contributed by atoms with Crippen molar-refractivity contribution in [1.29, 1.82) is 0 Å². The van der Waals surface area contributed by atoms with Crippen molar-refractivity contribution in [3.8, 4) is 0 Å². The number of amides is 2. The molecule has 0 unspecified atom stereocenters. The lowest BCUT2D eigenvalue weighted by atomic mass is 9.98. The third-order valence-corrected chi connectivity index (χ3v) is 3.48. The Bertz CT molecular complexity index is 291. The third-order valence-electron chi connectivity index (χ3n) is 3.48. The van der Waals surface area contributed by atoms with Gasteiger partial charge in [0.05, 0.1) is 0 Å². The van der Waals surface area contributed by atoms with Crippen molar-refractivity contribution >= 4 is 12.2 Å². The molecule has 0 saturated heterocycles. The van der Waals surface area contributed by atoms with Crippen LogP contribution in [-0.2, 0) is 4.74 Å². The number of hydrogen-bond donors (Lipinski definition) is 3. The van der Waals surface area contributed by atoms with Crippen LogP contribution < -0.4 is 10.6 Å². The van der Waals surface area contributed by atoms with Crippen LogP contribution in [0.5, 0.6) is 0 Å². The molecule has 0 radical (unpaired) electrons. The normalized spacial score (nSPS) is 15.6. The first kappa shape index (κ1) is 16.6. The predicted molar refractivity (Wildman–Crippen MR) is 75.9 cm³/mol. The number of alkyl carbamates (subject to hydrolysis) is 1. The van der Waals surface area contributed by atoms with E-state index in [0.717, 1.165) is 51.4 Å². The van der Waals surface area contributed by atoms with Gasteiger partial charge in [-0.05, 0) is 38.5 Å². The van der Waals surface area contributed by atoms with Crippen LogP contribution in [-0.4, -0.2) is 36.5 Å². The Hall–Kier alpha value is -1.46. The molecule has 1 rings (SSSR count). The van der Waals surface area contributed by atoms with Crippen molar-refractivity contribution in [2.75, 3.05) is 13.1 Å². The van der Waals surface area contributed by atoms with Crippen LogP contribution in [0.25, 0.3) is 0 Å². The molecule has 0 aromatic rings. The fourth-order valence-electron chi connectivity index (χ4n) is 2.37. The highest BCUT2D eigenvalue weighted by atomic mass is 16.6. The molecular formula is C14H26N2O4. The SMILES string of the molecule is O=C(O)NCCCCCCNC(=O)OC1CCCCC1. The molecule has 20 heavy (non-hydrogen) atoms. The van der Waals surface area contributed by atoms with E-state index in [9.17, 15) is 9.59 Å². The predicted octanol–water partition coefficient (Wildman–Crippen LogP) is 2.87. The number of carbonyl (C=O) groups excluding carboxylic acids is 1. The Morgan fingerprint density at radius 2 is 1.55 bits per heavy atom. The number of nitrogens with one attached hydrogen (secondary N) is 2. The number of carboxylic acid groups (broad SMARTS) is 1. The zero-order chi connectivity index (χ0) is 14.6. The molecule has 0 heterocycles. The maximum absolute atomic E-state index is 11.5. The van der Waals surface area contributed by atoms with E-state index in [1.165, 1.54) is 6.42 Å². The summed E-state index contributed by atoms with van der Waals surface area (Å²) in [7, 11) is 0. The second-order valence-electron chi connectivity index (χ2n) is 5.24. The lowest BCUT2D eigenvalue weighted by molar-refractivity contribution is 0.0753. The van der Waals surface area contributed by atoms with Crippen LogP contribution in [0.2, 0.25) is 0 Å². The smallest absolute Gasteiger partial charge is 0.407 e. The minimum Gasteiger partial charge on any atom is -0.465 e. The fourth-order valence-corrected chi connectivity index (χ4v) is 2.37. The Kier molecular flexibility index (Phi) is 8.58. The van der Waals surface area contributed by atoms with Crippen molar-refractivity contribution in [3.05, 3.63) is 0 Å². The number of ether oxygens (including phenoxy) is 1. The van der Waals surface area contributed by atoms with Gasteiger partial charge in [0, 0.05) is 13.1 Å². The number of rotatable bonds is 8. The van der Waals surface area contributed by atoms with Gasteiger partial charge in [-0.15, -0.1) is 0 Å². The quantitative estimate of drug-likeness (QED) is 0.599. The highest BCUT2D eigenvalue weighted by molar-refractivity contribution is 5.67. The van der Waals surface area contributed by atoms with E-state index in [0.29, 0.717) is 13.1 Å². The largest absolute Gasteiger partial charge is 0.465 e. The molecule has 0 aliphatic heterocycles. The average Bonchev–Trinajstić information content (AvgIpc) is 2.42. The highest BCUT2D eigenvalue weighted by Gasteiger charge is 2.16. The molecule has 116 valence electrons. The van der Waals surface area contributed by atoms with Gasteiger partial charge >= 0.3 is 12.2 Å². The monoisotopic (exact) mass is 286 g/mol. The lowest BCUT2D eigenvalue weighted by Crippen LogP contribution is -2.30. The molecule has 1 saturated carbocycles. The summed E-state index contributed by atoms with van der Waals surface area (Å²) in [6.45, 7) is 1.12. The molecule has 0 spiro atoms. The Morgan fingerprint density at radius 3 is 2.15 bits per heavy atom. The molecular weight excluding hydrogens is 260 g/mol. The highest BCUT2D eigenvalue weighted by Crippen LogP contribution is 2.20. The van der Waals surface area contributed by atoms with E-state index < -0.39 is 6.09 Å². The van der Waals surface area contributed by atoms with Crippen LogP contribution in [0.1, 0.15) is 57.8 Å². The second-order valence-corrected chi connectivity index (χ2v) is 5.24. The van der Waals surface area contributed by atoms with Crippen LogP contribution in [0.4, 0.5) is 9.59 Å². The maximum atomic E-state index is 11.5. The van der Waals surface area contributed by atoms with Crippen LogP contribution >= 0.6 is 0 Å². The second kappa shape index (κ2) is 10.3. The van der Waals surface area contributed by atoms with E-state index in [-0.39, 0.29) is 12.2 Å². The van der Waals surface area contributed by atoms with Gasteiger partial charge in [-0.3, -0.25) is 0 Å². The van der Waals surface area contributed by atoms with Crippen molar-refractivity contribution in [2.24, 2.45) is 0 Å². The van der Waals surface area contributed by atoms with Gasteiger partial charge in [0.15, 0.2) is 0 Å². The number of hydrogen-bond acceptors (Lipinski definition) is 3. The summed E-state index contributed by atoms with van der Waals surface area (Å²) in [6, 6.07) is 0.